The lowest BCUT2D eigenvalue weighted by Crippen LogP contribution is -2.30. The summed E-state index contributed by atoms with van der Waals surface area (Å²) in [5.41, 5.74) is 3.18. The van der Waals surface area contributed by atoms with E-state index in [2.05, 4.69) is 24.4 Å². The van der Waals surface area contributed by atoms with Crippen molar-refractivity contribution in [1.29, 1.82) is 0 Å². The molecule has 0 radical (unpaired) electrons. The Morgan fingerprint density at radius 1 is 0.900 bits per heavy atom. The number of anilines is 1. The Bertz CT molecular complexity index is 923. The average molecular weight is 404 g/mol. The summed E-state index contributed by atoms with van der Waals surface area (Å²) in [6, 6.07) is 25.6. The molecule has 0 spiro atoms. The van der Waals surface area contributed by atoms with Gasteiger partial charge in [-0.25, -0.2) is 0 Å². The number of nitrogens with one attached hydrogen (secondary N) is 1. The van der Waals surface area contributed by atoms with E-state index < -0.39 is 6.10 Å². The number of benzene rings is 3. The van der Waals surface area contributed by atoms with E-state index >= 15 is 0 Å². The molecule has 1 unspecified atom stereocenters. The molecule has 30 heavy (non-hydrogen) atoms. The topological polar surface area (TPSA) is 47.6 Å². The summed E-state index contributed by atoms with van der Waals surface area (Å²) < 4.78 is 11.7. The van der Waals surface area contributed by atoms with Crippen LogP contribution in [0.4, 0.5) is 5.69 Å². The fourth-order valence-electron chi connectivity index (χ4n) is 3.09. The van der Waals surface area contributed by atoms with Crippen molar-refractivity contribution in [2.75, 3.05) is 11.9 Å². The first-order valence-electron chi connectivity index (χ1n) is 10.5. The lowest BCUT2D eigenvalue weighted by Gasteiger charge is -2.17. The molecule has 0 aliphatic rings. The van der Waals surface area contributed by atoms with Crippen molar-refractivity contribution in [3.05, 3.63) is 90.0 Å². The van der Waals surface area contributed by atoms with Gasteiger partial charge in [0.1, 0.15) is 11.5 Å². The summed E-state index contributed by atoms with van der Waals surface area (Å²) in [4.78, 5) is 12.6. The Morgan fingerprint density at radius 3 is 2.33 bits per heavy atom. The van der Waals surface area contributed by atoms with Gasteiger partial charge in [0.05, 0.1) is 12.3 Å². The molecule has 0 bridgehead atoms. The van der Waals surface area contributed by atoms with Gasteiger partial charge in [0.2, 0.25) is 0 Å². The van der Waals surface area contributed by atoms with Gasteiger partial charge in [-0.2, -0.15) is 0 Å². The van der Waals surface area contributed by atoms with Gasteiger partial charge < -0.3 is 14.8 Å². The van der Waals surface area contributed by atoms with Crippen molar-refractivity contribution in [2.45, 2.75) is 39.2 Å². The second kappa shape index (κ2) is 11.1. The summed E-state index contributed by atoms with van der Waals surface area (Å²) in [6.45, 7) is 4.43. The van der Waals surface area contributed by atoms with Crippen LogP contribution < -0.4 is 14.8 Å². The number of amides is 1. The molecule has 1 amide bonds. The molecule has 4 heteroatoms. The lowest BCUT2D eigenvalue weighted by atomic mass is 10.1. The smallest absolute Gasteiger partial charge is 0.265 e. The van der Waals surface area contributed by atoms with Gasteiger partial charge in [0.15, 0.2) is 6.10 Å². The minimum Gasteiger partial charge on any atom is -0.491 e. The fourth-order valence-corrected chi connectivity index (χ4v) is 3.09. The highest BCUT2D eigenvalue weighted by Gasteiger charge is 2.16. The van der Waals surface area contributed by atoms with Crippen LogP contribution in [-0.2, 0) is 17.6 Å². The molecular formula is C26H29NO3. The van der Waals surface area contributed by atoms with E-state index in [1.54, 1.807) is 6.92 Å². The second-order valence-electron chi connectivity index (χ2n) is 7.18. The number of carbonyl (C=O) groups excluding carboxylic acids is 1. The zero-order valence-corrected chi connectivity index (χ0v) is 17.6. The van der Waals surface area contributed by atoms with E-state index in [1.165, 1.54) is 11.1 Å². The number of rotatable bonds is 10. The minimum atomic E-state index is -0.622. The Balaban J connectivity index is 1.51. The van der Waals surface area contributed by atoms with Crippen molar-refractivity contribution in [3.63, 3.8) is 0 Å². The van der Waals surface area contributed by atoms with Crippen molar-refractivity contribution in [3.8, 4) is 11.5 Å². The van der Waals surface area contributed by atoms with Crippen LogP contribution in [-0.4, -0.2) is 18.6 Å². The highest BCUT2D eigenvalue weighted by Crippen LogP contribution is 2.24. The number of hydrogen-bond donors (Lipinski definition) is 1. The van der Waals surface area contributed by atoms with E-state index in [0.29, 0.717) is 23.8 Å². The third-order valence-corrected chi connectivity index (χ3v) is 4.87. The monoisotopic (exact) mass is 403 g/mol. The van der Waals surface area contributed by atoms with Crippen LogP contribution in [0.3, 0.4) is 0 Å². The lowest BCUT2D eigenvalue weighted by molar-refractivity contribution is -0.122. The van der Waals surface area contributed by atoms with Gasteiger partial charge in [0, 0.05) is 0 Å². The third kappa shape index (κ3) is 6.38. The molecule has 156 valence electrons. The van der Waals surface area contributed by atoms with Crippen LogP contribution in [0, 0.1) is 0 Å². The third-order valence-electron chi connectivity index (χ3n) is 4.87. The number of ether oxygens (including phenoxy) is 2. The van der Waals surface area contributed by atoms with E-state index in [9.17, 15) is 4.79 Å². The maximum absolute atomic E-state index is 12.6. The number of para-hydroxylation sites is 2. The largest absolute Gasteiger partial charge is 0.491 e. The molecule has 0 heterocycles. The number of aryl methyl sites for hydroxylation is 2. The molecule has 3 aromatic rings. The highest BCUT2D eigenvalue weighted by molar-refractivity contribution is 5.95. The molecule has 0 aliphatic heterocycles. The molecule has 0 aromatic heterocycles. The Hall–Kier alpha value is -3.27. The minimum absolute atomic E-state index is 0.213. The van der Waals surface area contributed by atoms with Crippen LogP contribution in [0.1, 0.15) is 31.4 Å². The summed E-state index contributed by atoms with van der Waals surface area (Å²) in [5, 5.41) is 2.92. The van der Waals surface area contributed by atoms with E-state index in [-0.39, 0.29) is 5.91 Å². The zero-order valence-electron chi connectivity index (χ0n) is 17.6. The van der Waals surface area contributed by atoms with Crippen molar-refractivity contribution < 1.29 is 14.3 Å². The summed E-state index contributed by atoms with van der Waals surface area (Å²) in [5.74, 6) is 1.13. The van der Waals surface area contributed by atoms with Crippen LogP contribution in [0.15, 0.2) is 78.9 Å². The Kier molecular flexibility index (Phi) is 7.90. The SMILES string of the molecule is CCc1ccc(OC(C)C(=O)Nc2ccccc2OCCCc2ccccc2)cc1. The first kappa shape index (κ1) is 21.4. The second-order valence-corrected chi connectivity index (χ2v) is 7.18. The van der Waals surface area contributed by atoms with Crippen LogP contribution in [0.5, 0.6) is 11.5 Å². The van der Waals surface area contributed by atoms with Crippen molar-refractivity contribution >= 4 is 11.6 Å². The molecule has 0 aliphatic carbocycles. The van der Waals surface area contributed by atoms with Crippen LogP contribution in [0.25, 0.3) is 0 Å². The fraction of sp³-hybridized carbons (Fsp3) is 0.269. The van der Waals surface area contributed by atoms with Crippen molar-refractivity contribution in [2.24, 2.45) is 0 Å². The van der Waals surface area contributed by atoms with Gasteiger partial charge in [-0.3, -0.25) is 4.79 Å². The molecule has 4 nitrogen and oxygen atoms in total. The molecule has 0 saturated carbocycles. The van der Waals surface area contributed by atoms with Gasteiger partial charge in [-0.1, -0.05) is 61.5 Å². The predicted octanol–water partition coefficient (Wildman–Crippen LogP) is 5.67. The maximum atomic E-state index is 12.6. The Morgan fingerprint density at radius 2 is 1.60 bits per heavy atom. The van der Waals surface area contributed by atoms with E-state index in [0.717, 1.165) is 19.3 Å². The molecule has 0 saturated heterocycles. The van der Waals surface area contributed by atoms with E-state index in [1.807, 2.05) is 66.7 Å². The summed E-state index contributed by atoms with van der Waals surface area (Å²) in [7, 11) is 0. The van der Waals surface area contributed by atoms with Crippen LogP contribution >= 0.6 is 0 Å². The molecule has 0 fully saturated rings. The maximum Gasteiger partial charge on any atom is 0.265 e. The first-order valence-corrected chi connectivity index (χ1v) is 10.5. The predicted molar refractivity (Wildman–Crippen MR) is 121 cm³/mol. The normalized spacial score (nSPS) is 11.5. The quantitative estimate of drug-likeness (QED) is 0.444. The Labute approximate surface area is 178 Å². The van der Waals surface area contributed by atoms with Gasteiger partial charge in [-0.15, -0.1) is 0 Å². The van der Waals surface area contributed by atoms with Crippen LogP contribution in [0.2, 0.25) is 0 Å². The van der Waals surface area contributed by atoms with Gasteiger partial charge in [0.25, 0.3) is 5.91 Å². The van der Waals surface area contributed by atoms with Gasteiger partial charge >= 0.3 is 0 Å². The van der Waals surface area contributed by atoms with Crippen molar-refractivity contribution in [1.82, 2.24) is 0 Å². The number of carbonyl (C=O) groups is 1. The van der Waals surface area contributed by atoms with E-state index in [4.69, 9.17) is 9.47 Å². The molecule has 3 aromatic carbocycles. The van der Waals surface area contributed by atoms with Gasteiger partial charge in [-0.05, 0) is 61.6 Å². The molecule has 3 rings (SSSR count). The average Bonchev–Trinajstić information content (AvgIpc) is 2.79. The zero-order chi connectivity index (χ0) is 21.2. The summed E-state index contributed by atoms with van der Waals surface area (Å²) in [6.07, 6.45) is 2.21. The molecule has 1 atom stereocenters. The number of hydrogen-bond acceptors (Lipinski definition) is 3. The molecule has 1 N–H and O–H groups in total. The first-order chi connectivity index (χ1) is 14.7. The standard InChI is InChI=1S/C26H29NO3/c1-3-21-15-17-23(18-16-21)30-20(2)26(28)27-24-13-7-8-14-25(24)29-19-9-12-22-10-5-4-6-11-22/h4-8,10-11,13-18,20H,3,9,12,19H2,1-2H3,(H,27,28). The highest BCUT2D eigenvalue weighted by atomic mass is 16.5. The summed E-state index contributed by atoms with van der Waals surface area (Å²) >= 11 is 0. The molecular weight excluding hydrogens is 374 g/mol.